The second kappa shape index (κ2) is 8.34. The van der Waals surface area contributed by atoms with E-state index in [1.54, 1.807) is 6.07 Å². The summed E-state index contributed by atoms with van der Waals surface area (Å²) in [5.74, 6) is -2.38. The van der Waals surface area contributed by atoms with Crippen LogP contribution in [0.5, 0.6) is 0 Å². The van der Waals surface area contributed by atoms with Gasteiger partial charge in [-0.25, -0.2) is 13.5 Å². The van der Waals surface area contributed by atoms with Gasteiger partial charge in [-0.1, -0.05) is 11.3 Å². The van der Waals surface area contributed by atoms with Crippen LogP contribution in [0.3, 0.4) is 0 Å². The Kier molecular flexibility index (Phi) is 5.44. The van der Waals surface area contributed by atoms with Gasteiger partial charge in [0, 0.05) is 11.3 Å². The summed E-state index contributed by atoms with van der Waals surface area (Å²) in [5, 5.41) is 18.4. The number of nitrogens with one attached hydrogen (secondary N) is 1. The molecule has 4 rings (SSSR count). The molecule has 0 fully saturated rings. The molecule has 1 aromatic carbocycles. The molecule has 0 aliphatic rings. The van der Waals surface area contributed by atoms with Gasteiger partial charge in [0.1, 0.15) is 0 Å². The smallest absolute Gasteiger partial charge is 0.273 e. The lowest BCUT2D eigenvalue weighted by Crippen LogP contribution is -2.23. The third kappa shape index (κ3) is 4.27. The van der Waals surface area contributed by atoms with Crippen LogP contribution in [0.4, 0.5) is 8.78 Å². The van der Waals surface area contributed by atoms with E-state index in [9.17, 15) is 13.6 Å². The maximum Gasteiger partial charge on any atom is 0.273 e. The predicted molar refractivity (Wildman–Crippen MR) is 107 cm³/mol. The van der Waals surface area contributed by atoms with Crippen molar-refractivity contribution in [3.05, 3.63) is 83.1 Å². The van der Waals surface area contributed by atoms with Crippen molar-refractivity contribution >= 4 is 5.91 Å². The summed E-state index contributed by atoms with van der Waals surface area (Å²) in [7, 11) is 0. The number of benzene rings is 1. The highest BCUT2D eigenvalue weighted by Gasteiger charge is 2.14. The second-order valence-corrected chi connectivity index (χ2v) is 6.80. The topological polar surface area (TPSA) is 98.5 Å². The number of hydrogen-bond donors (Lipinski definition) is 1. The quantitative estimate of drug-likeness (QED) is 0.532. The maximum atomic E-state index is 13.9. The van der Waals surface area contributed by atoms with Crippen molar-refractivity contribution in [2.24, 2.45) is 0 Å². The summed E-state index contributed by atoms with van der Waals surface area (Å²) < 4.78 is 28.7. The van der Waals surface area contributed by atoms with E-state index in [0.717, 1.165) is 23.1 Å². The SMILES string of the molecule is Cc1ccc(-n2cc(C(=O)NCc3ccc(-c4cccc(F)c4F)nn3)nn2)c(C)n1. The number of pyridine rings is 1. The Morgan fingerprint density at radius 1 is 1.03 bits per heavy atom. The summed E-state index contributed by atoms with van der Waals surface area (Å²) >= 11 is 0. The highest BCUT2D eigenvalue weighted by Crippen LogP contribution is 2.22. The minimum absolute atomic E-state index is 0.0144. The Hall–Kier alpha value is -4.08. The third-order valence-corrected chi connectivity index (χ3v) is 4.55. The summed E-state index contributed by atoms with van der Waals surface area (Å²) in [6.45, 7) is 3.82. The van der Waals surface area contributed by atoms with Crippen molar-refractivity contribution in [3.8, 4) is 16.9 Å². The number of aryl methyl sites for hydroxylation is 2. The molecular formula is C21H17F2N7O. The molecule has 0 atom stereocenters. The Labute approximate surface area is 176 Å². The van der Waals surface area contributed by atoms with Gasteiger partial charge in [0.2, 0.25) is 0 Å². The molecule has 4 aromatic rings. The lowest BCUT2D eigenvalue weighted by molar-refractivity contribution is 0.0945. The van der Waals surface area contributed by atoms with E-state index in [2.05, 4.69) is 30.8 Å². The second-order valence-electron chi connectivity index (χ2n) is 6.80. The van der Waals surface area contributed by atoms with Crippen molar-refractivity contribution < 1.29 is 13.6 Å². The largest absolute Gasteiger partial charge is 0.345 e. The van der Waals surface area contributed by atoms with E-state index in [1.807, 2.05) is 26.0 Å². The molecule has 0 radical (unpaired) electrons. The minimum atomic E-state index is -0.986. The normalized spacial score (nSPS) is 10.8. The van der Waals surface area contributed by atoms with Crippen LogP contribution in [0.15, 0.2) is 48.7 Å². The van der Waals surface area contributed by atoms with Crippen LogP contribution in [0.1, 0.15) is 27.6 Å². The van der Waals surface area contributed by atoms with Crippen molar-refractivity contribution in [2.45, 2.75) is 20.4 Å². The van der Waals surface area contributed by atoms with Crippen LogP contribution in [-0.2, 0) is 6.54 Å². The van der Waals surface area contributed by atoms with Crippen LogP contribution in [-0.4, -0.2) is 36.1 Å². The van der Waals surface area contributed by atoms with Crippen LogP contribution in [0.2, 0.25) is 0 Å². The Balaban J connectivity index is 1.42. The third-order valence-electron chi connectivity index (χ3n) is 4.55. The van der Waals surface area contributed by atoms with E-state index in [4.69, 9.17) is 0 Å². The fourth-order valence-electron chi connectivity index (χ4n) is 2.97. The average molecular weight is 421 g/mol. The molecule has 0 unspecified atom stereocenters. The Morgan fingerprint density at radius 3 is 2.61 bits per heavy atom. The van der Waals surface area contributed by atoms with Gasteiger partial charge < -0.3 is 5.32 Å². The van der Waals surface area contributed by atoms with E-state index in [-0.39, 0.29) is 23.5 Å². The standard InChI is InChI=1S/C21H17F2N7O/c1-12-6-9-19(13(2)25-12)30-11-18(28-29-30)21(31)24-10-14-7-8-17(27-26-14)15-4-3-5-16(22)20(15)23/h3-9,11H,10H2,1-2H3,(H,24,31). The first kappa shape index (κ1) is 20.2. The van der Waals surface area contributed by atoms with Gasteiger partial charge in [-0.2, -0.15) is 10.2 Å². The molecule has 0 saturated carbocycles. The molecule has 31 heavy (non-hydrogen) atoms. The first-order valence-electron chi connectivity index (χ1n) is 9.34. The summed E-state index contributed by atoms with van der Waals surface area (Å²) in [6, 6.07) is 10.6. The van der Waals surface area contributed by atoms with Crippen molar-refractivity contribution in [2.75, 3.05) is 0 Å². The molecule has 0 spiro atoms. The molecule has 10 heteroatoms. The van der Waals surface area contributed by atoms with Crippen LogP contribution >= 0.6 is 0 Å². The molecule has 1 N–H and O–H groups in total. The van der Waals surface area contributed by atoms with Gasteiger partial charge in [0.25, 0.3) is 5.91 Å². The van der Waals surface area contributed by atoms with Gasteiger partial charge in [-0.3, -0.25) is 9.78 Å². The molecule has 156 valence electrons. The van der Waals surface area contributed by atoms with E-state index < -0.39 is 17.5 Å². The van der Waals surface area contributed by atoms with E-state index in [0.29, 0.717) is 5.69 Å². The fraction of sp³-hybridized carbons (Fsp3) is 0.143. The molecule has 3 aromatic heterocycles. The van der Waals surface area contributed by atoms with Gasteiger partial charge in [0.05, 0.1) is 35.5 Å². The number of rotatable bonds is 5. The molecule has 1 amide bonds. The lowest BCUT2D eigenvalue weighted by atomic mass is 10.1. The zero-order chi connectivity index (χ0) is 22.0. The van der Waals surface area contributed by atoms with Crippen LogP contribution < -0.4 is 5.32 Å². The minimum Gasteiger partial charge on any atom is -0.345 e. The molecule has 0 bridgehead atoms. The fourth-order valence-corrected chi connectivity index (χ4v) is 2.97. The van der Waals surface area contributed by atoms with Crippen molar-refractivity contribution in [1.82, 2.24) is 35.5 Å². The lowest BCUT2D eigenvalue weighted by Gasteiger charge is -2.05. The monoisotopic (exact) mass is 421 g/mol. The number of amides is 1. The summed E-state index contributed by atoms with van der Waals surface area (Å²) in [5.41, 5.74) is 3.15. The Morgan fingerprint density at radius 2 is 1.87 bits per heavy atom. The number of carbonyl (C=O) groups is 1. The summed E-state index contributed by atoms with van der Waals surface area (Å²) in [6.07, 6.45) is 1.51. The van der Waals surface area contributed by atoms with Gasteiger partial charge in [-0.05, 0) is 50.2 Å². The highest BCUT2D eigenvalue weighted by atomic mass is 19.2. The zero-order valence-corrected chi connectivity index (χ0v) is 16.7. The number of nitrogens with zero attached hydrogens (tertiary/aromatic N) is 6. The highest BCUT2D eigenvalue weighted by molar-refractivity contribution is 5.91. The van der Waals surface area contributed by atoms with E-state index >= 15 is 0 Å². The number of carbonyl (C=O) groups excluding carboxylic acids is 1. The number of halogens is 2. The van der Waals surface area contributed by atoms with Crippen LogP contribution in [0.25, 0.3) is 16.9 Å². The van der Waals surface area contributed by atoms with E-state index in [1.165, 1.54) is 29.1 Å². The summed E-state index contributed by atoms with van der Waals surface area (Å²) in [4.78, 5) is 16.8. The number of hydrogen-bond acceptors (Lipinski definition) is 6. The molecule has 3 heterocycles. The van der Waals surface area contributed by atoms with Crippen LogP contribution in [0, 0.1) is 25.5 Å². The molecule has 0 aliphatic heterocycles. The van der Waals surface area contributed by atoms with Crippen molar-refractivity contribution in [3.63, 3.8) is 0 Å². The molecule has 8 nitrogen and oxygen atoms in total. The number of aromatic nitrogens is 6. The predicted octanol–water partition coefficient (Wildman–Crippen LogP) is 2.94. The average Bonchev–Trinajstić information content (AvgIpc) is 3.24. The molecule has 0 saturated heterocycles. The van der Waals surface area contributed by atoms with Crippen molar-refractivity contribution in [1.29, 1.82) is 0 Å². The first-order valence-corrected chi connectivity index (χ1v) is 9.34. The van der Waals surface area contributed by atoms with Gasteiger partial charge in [0.15, 0.2) is 17.3 Å². The Bertz CT molecular complexity index is 1260. The molecule has 0 aliphatic carbocycles. The molecular weight excluding hydrogens is 404 g/mol. The van der Waals surface area contributed by atoms with Gasteiger partial charge in [-0.15, -0.1) is 5.10 Å². The first-order chi connectivity index (χ1) is 14.9. The van der Waals surface area contributed by atoms with Gasteiger partial charge >= 0.3 is 0 Å². The maximum absolute atomic E-state index is 13.9. The zero-order valence-electron chi connectivity index (χ0n) is 16.7.